The summed E-state index contributed by atoms with van der Waals surface area (Å²) in [6.07, 6.45) is 7.11. The SMILES string of the molecule is [Pt+2].[c-]1c(-n2cccn2)ccc2c1B1c3[c-]c(-n4nccn4)ccc3-c3ccccc3N1c1ccccc1-2. The molecular formula is C29H17BN6Pt. The van der Waals surface area contributed by atoms with Gasteiger partial charge in [0.2, 0.25) is 0 Å². The zero-order valence-electron chi connectivity index (χ0n) is 19.4. The molecule has 8 rings (SSSR count). The van der Waals surface area contributed by atoms with Crippen molar-refractivity contribution in [1.29, 1.82) is 0 Å². The van der Waals surface area contributed by atoms with E-state index < -0.39 is 0 Å². The van der Waals surface area contributed by atoms with Crippen molar-refractivity contribution in [3.8, 4) is 33.6 Å². The van der Waals surface area contributed by atoms with E-state index in [4.69, 9.17) is 0 Å². The Morgan fingerprint density at radius 1 is 0.568 bits per heavy atom. The zero-order chi connectivity index (χ0) is 23.6. The molecular weight excluding hydrogens is 638 g/mol. The Labute approximate surface area is 228 Å². The minimum Gasteiger partial charge on any atom is -0.381 e. The van der Waals surface area contributed by atoms with Crippen LogP contribution in [0.25, 0.3) is 33.6 Å². The van der Waals surface area contributed by atoms with Crippen LogP contribution in [-0.4, -0.2) is 31.6 Å². The first-order valence-corrected chi connectivity index (χ1v) is 11.8. The van der Waals surface area contributed by atoms with Gasteiger partial charge in [-0.2, -0.15) is 55.3 Å². The van der Waals surface area contributed by atoms with E-state index in [1.807, 2.05) is 23.0 Å². The number of aromatic nitrogens is 5. The van der Waals surface area contributed by atoms with Crippen LogP contribution in [0.3, 0.4) is 0 Å². The third-order valence-corrected chi connectivity index (χ3v) is 7.02. The average Bonchev–Trinajstić information content (AvgIpc) is 3.67. The molecule has 2 aliphatic heterocycles. The summed E-state index contributed by atoms with van der Waals surface area (Å²) >= 11 is 0. The number of para-hydroxylation sites is 2. The van der Waals surface area contributed by atoms with Crippen LogP contribution in [0.15, 0.2) is 104 Å². The first-order chi connectivity index (χ1) is 17.9. The first-order valence-electron chi connectivity index (χ1n) is 11.8. The molecule has 0 atom stereocenters. The topological polar surface area (TPSA) is 51.8 Å². The summed E-state index contributed by atoms with van der Waals surface area (Å²) in [5.74, 6) is 0. The normalized spacial score (nSPS) is 12.5. The summed E-state index contributed by atoms with van der Waals surface area (Å²) in [6, 6.07) is 35.0. The Morgan fingerprint density at radius 3 is 1.78 bits per heavy atom. The van der Waals surface area contributed by atoms with E-state index in [-0.39, 0.29) is 27.9 Å². The van der Waals surface area contributed by atoms with Gasteiger partial charge in [0.15, 0.2) is 0 Å². The fourth-order valence-electron chi connectivity index (χ4n) is 5.53. The molecule has 0 aliphatic carbocycles. The molecule has 0 radical (unpaired) electrons. The van der Waals surface area contributed by atoms with Crippen LogP contribution in [0.2, 0.25) is 0 Å². The second-order valence-electron chi connectivity index (χ2n) is 8.92. The van der Waals surface area contributed by atoms with Gasteiger partial charge in [-0.25, -0.2) is 0 Å². The number of hydrogen-bond donors (Lipinski definition) is 0. The molecule has 0 saturated carbocycles. The number of anilines is 2. The third kappa shape index (κ3) is 3.21. The molecule has 0 amide bonds. The largest absolute Gasteiger partial charge is 2.00 e. The molecule has 0 bridgehead atoms. The Hall–Kier alpha value is -4.22. The van der Waals surface area contributed by atoms with E-state index in [1.165, 1.54) is 28.1 Å². The van der Waals surface area contributed by atoms with Crippen LogP contribution < -0.4 is 15.7 Å². The molecule has 37 heavy (non-hydrogen) atoms. The molecule has 6 nitrogen and oxygen atoms in total. The van der Waals surface area contributed by atoms with E-state index in [9.17, 15) is 0 Å². The molecule has 8 heteroatoms. The van der Waals surface area contributed by atoms with Gasteiger partial charge in [-0.15, -0.1) is 23.3 Å². The van der Waals surface area contributed by atoms with Gasteiger partial charge >= 0.3 is 21.1 Å². The Balaban J connectivity index is 0.00000231. The molecule has 0 spiro atoms. The van der Waals surface area contributed by atoms with Gasteiger partial charge in [0.05, 0.1) is 12.4 Å². The van der Waals surface area contributed by atoms with Crippen molar-refractivity contribution in [3.63, 3.8) is 0 Å². The predicted molar refractivity (Wildman–Crippen MR) is 141 cm³/mol. The fourth-order valence-corrected chi connectivity index (χ4v) is 5.53. The van der Waals surface area contributed by atoms with Crippen molar-refractivity contribution in [1.82, 2.24) is 24.8 Å². The van der Waals surface area contributed by atoms with E-state index in [2.05, 4.69) is 99.0 Å². The van der Waals surface area contributed by atoms with E-state index >= 15 is 0 Å². The molecule has 6 aromatic rings. The van der Waals surface area contributed by atoms with E-state index in [0.717, 1.165) is 27.9 Å². The van der Waals surface area contributed by atoms with Crippen LogP contribution >= 0.6 is 0 Å². The smallest absolute Gasteiger partial charge is 0.381 e. The average molecular weight is 655 g/mol. The minimum absolute atomic E-state index is 0. The van der Waals surface area contributed by atoms with Crippen molar-refractivity contribution in [2.24, 2.45) is 0 Å². The van der Waals surface area contributed by atoms with Gasteiger partial charge in [0, 0.05) is 23.8 Å². The van der Waals surface area contributed by atoms with Crippen molar-refractivity contribution >= 4 is 29.1 Å². The van der Waals surface area contributed by atoms with Gasteiger partial charge in [0.25, 0.3) is 6.85 Å². The number of hydrogen-bond acceptors (Lipinski definition) is 4. The maximum Gasteiger partial charge on any atom is 2.00 e. The number of nitrogens with zero attached hydrogens (tertiary/aromatic N) is 6. The van der Waals surface area contributed by atoms with Gasteiger partial charge in [0.1, 0.15) is 0 Å². The second kappa shape index (κ2) is 8.43. The van der Waals surface area contributed by atoms with Gasteiger partial charge < -0.3 is 4.81 Å². The first kappa shape index (κ1) is 22.0. The number of benzene rings is 4. The van der Waals surface area contributed by atoms with Gasteiger partial charge in [-0.05, 0) is 29.6 Å². The molecule has 0 unspecified atom stereocenters. The predicted octanol–water partition coefficient (Wildman–Crippen LogP) is 3.96. The molecule has 0 saturated heterocycles. The Bertz CT molecular complexity index is 1630. The van der Waals surface area contributed by atoms with E-state index in [0.29, 0.717) is 0 Å². The molecule has 0 N–H and O–H groups in total. The molecule has 0 fully saturated rings. The van der Waals surface area contributed by atoms with Crippen LogP contribution in [0.1, 0.15) is 0 Å². The molecule has 2 aliphatic rings. The summed E-state index contributed by atoms with van der Waals surface area (Å²) in [4.78, 5) is 4.04. The zero-order valence-corrected chi connectivity index (χ0v) is 21.7. The summed E-state index contributed by atoms with van der Waals surface area (Å²) in [5, 5.41) is 13.2. The van der Waals surface area contributed by atoms with Gasteiger partial charge in [-0.1, -0.05) is 47.5 Å². The fraction of sp³-hybridized carbons (Fsp3) is 0. The maximum atomic E-state index is 4.46. The number of rotatable bonds is 2. The van der Waals surface area contributed by atoms with Gasteiger partial charge in [-0.3, -0.25) is 4.68 Å². The summed E-state index contributed by atoms with van der Waals surface area (Å²) in [7, 11) is 0. The Kier molecular flexibility index (Phi) is 5.01. The van der Waals surface area contributed by atoms with Crippen LogP contribution in [-0.2, 0) is 21.1 Å². The van der Waals surface area contributed by atoms with Crippen molar-refractivity contribution in [3.05, 3.63) is 116 Å². The van der Waals surface area contributed by atoms with E-state index in [1.54, 1.807) is 23.4 Å². The number of fused-ring (bicyclic) bond motifs is 11. The minimum atomic E-state index is -0.120. The summed E-state index contributed by atoms with van der Waals surface area (Å²) in [5.41, 5.74) is 10.9. The third-order valence-electron chi connectivity index (χ3n) is 7.02. The molecule has 4 aromatic carbocycles. The summed E-state index contributed by atoms with van der Waals surface area (Å²) in [6.45, 7) is -0.120. The molecule has 2 aromatic heterocycles. The van der Waals surface area contributed by atoms with Crippen LogP contribution in [0.4, 0.5) is 11.4 Å². The van der Waals surface area contributed by atoms with Crippen LogP contribution in [0.5, 0.6) is 0 Å². The standard InChI is InChI=1S/C29H17BN6.Pt/c1-3-8-28-24(6-1)22-12-10-20(34-17-5-14-31-34)18-26(22)30-27-19-21(36-32-15-16-33-36)11-13-23(27)25-7-2-4-9-29(25)35(28)30;/h1-17H;/q-2;+2. The monoisotopic (exact) mass is 655 g/mol. The quantitative estimate of drug-likeness (QED) is 0.210. The van der Waals surface area contributed by atoms with Crippen molar-refractivity contribution < 1.29 is 21.1 Å². The van der Waals surface area contributed by atoms with Crippen molar-refractivity contribution in [2.75, 3.05) is 4.81 Å². The van der Waals surface area contributed by atoms with Crippen molar-refractivity contribution in [2.45, 2.75) is 0 Å². The molecule has 176 valence electrons. The maximum absolute atomic E-state index is 4.46. The summed E-state index contributed by atoms with van der Waals surface area (Å²) < 4.78 is 1.86. The molecule has 4 heterocycles. The Morgan fingerprint density at radius 2 is 1.16 bits per heavy atom. The second-order valence-corrected chi connectivity index (χ2v) is 8.92. The van der Waals surface area contributed by atoms with Crippen LogP contribution in [0, 0.1) is 12.1 Å².